The maximum Gasteiger partial charge on any atom is 0.323 e. The van der Waals surface area contributed by atoms with Gasteiger partial charge in [-0.2, -0.15) is 0 Å². The van der Waals surface area contributed by atoms with Crippen LogP contribution in [0.3, 0.4) is 0 Å². The molecule has 6 N–H and O–H groups in total. The summed E-state index contributed by atoms with van der Waals surface area (Å²) in [6.45, 7) is 9.78. The van der Waals surface area contributed by atoms with E-state index in [9.17, 15) is 71.5 Å². The van der Waals surface area contributed by atoms with Crippen molar-refractivity contribution in [2.75, 3.05) is 26.2 Å². The Bertz CT molecular complexity index is 7300. The lowest BCUT2D eigenvalue weighted by molar-refractivity contribution is -0.138. The molecule has 23 nitrogen and oxygen atoms in total. The molecule has 2 aliphatic heterocycles. The fraction of sp³-hybridized carbons (Fsp3) is 0.274. The summed E-state index contributed by atoms with van der Waals surface area (Å²) in [7, 11) is 0. The van der Waals surface area contributed by atoms with E-state index in [0.717, 1.165) is 203 Å². The number of nitrogens with one attached hydrogen (secondary N) is 2. The standard InChI is InChI=1S/C27H26FN3O3.C27H28FN3O2.C26H24FN3O3.C26H22FN3O3.3ClH/c1-16-26(21-14-19(28)9-13-24(21)31(16)15-25(32)33)18-6-10-20(11-7-18)29-27(34)23-12-8-17-4-2-3-5-22(17)30-23;1-17-27(23-14-20(28)9-13-25(23)31(17)16-26(32)33)19-7-10-21(11-8-19)29-15-22-12-6-18-4-2-3-5-24(18)30-22;2*1-16-25(20-14-19(27)7-9-23(20)30(16)15-24(31)32)18-10-12-29(13-11-18)26(33)22-8-6-17-4-2-3-5-21(17)28-22;;;/h2-5,8-9,12-14,18,20H,6-7,10-11,15H2,1H3,(H,29,34)(H,32,33);2-6,9,12-14,19,21,29H,7-8,10-11,15-16H2,1H3,(H,32,33);2-9,14,18H,10-13,15H2,1H3,(H,31,32);2-10,14H,11-13,15H2,1H3,(H,31,32);3*1H. The third-order valence-electron chi connectivity index (χ3n) is 26.8. The van der Waals surface area contributed by atoms with Crippen molar-refractivity contribution in [3.63, 3.8) is 0 Å². The van der Waals surface area contributed by atoms with Gasteiger partial charge in [-0.3, -0.25) is 38.5 Å². The number of rotatable bonds is 19. The van der Waals surface area contributed by atoms with Crippen LogP contribution < -0.4 is 10.6 Å². The van der Waals surface area contributed by atoms with Gasteiger partial charge < -0.3 is 59.1 Å². The fourth-order valence-corrected chi connectivity index (χ4v) is 20.4. The van der Waals surface area contributed by atoms with Crippen LogP contribution in [0.15, 0.2) is 224 Å². The summed E-state index contributed by atoms with van der Waals surface area (Å²) >= 11 is 0. The molecule has 4 aliphatic rings. The predicted octanol–water partition coefficient (Wildman–Crippen LogP) is 21.4. The highest BCUT2D eigenvalue weighted by Crippen LogP contribution is 2.45. The first-order valence-corrected chi connectivity index (χ1v) is 45.0. The van der Waals surface area contributed by atoms with Crippen LogP contribution in [-0.4, -0.2) is 148 Å². The molecule has 2 aliphatic carbocycles. The lowest BCUT2D eigenvalue weighted by atomic mass is 9.80. The van der Waals surface area contributed by atoms with Crippen LogP contribution in [0, 0.1) is 51.0 Å². The number of carboxylic acids is 4. The smallest absolute Gasteiger partial charge is 0.323 e. The van der Waals surface area contributed by atoms with Crippen LogP contribution in [0.2, 0.25) is 0 Å². The highest BCUT2D eigenvalue weighted by molar-refractivity contribution is 6.00. The molecule has 8 aromatic heterocycles. The first kappa shape index (κ1) is 98.1. The number of amides is 3. The van der Waals surface area contributed by atoms with Crippen LogP contribution >= 0.6 is 37.2 Å². The summed E-state index contributed by atoms with van der Waals surface area (Å²) in [6.07, 6.45) is 11.3. The number of aliphatic carboxylic acids is 4. The summed E-state index contributed by atoms with van der Waals surface area (Å²) in [6, 6.07) is 65.0. The van der Waals surface area contributed by atoms with Gasteiger partial charge in [-0.25, -0.2) is 32.5 Å². The van der Waals surface area contributed by atoms with E-state index in [0.29, 0.717) is 72.5 Å². The quantitative estimate of drug-likeness (QED) is 0.0410. The van der Waals surface area contributed by atoms with Crippen LogP contribution in [0.4, 0.5) is 17.6 Å². The number of carboxylic acid groups (broad SMARTS) is 4. The van der Waals surface area contributed by atoms with Crippen LogP contribution in [0.1, 0.15) is 171 Å². The summed E-state index contributed by atoms with van der Waals surface area (Å²) in [5.74, 6) is -4.81. The van der Waals surface area contributed by atoms with Crippen molar-refractivity contribution in [1.29, 1.82) is 0 Å². The van der Waals surface area contributed by atoms with E-state index in [-0.39, 0.29) is 122 Å². The number of halogens is 7. The lowest BCUT2D eigenvalue weighted by Gasteiger charge is -2.32. The van der Waals surface area contributed by atoms with E-state index in [1.54, 1.807) is 67.1 Å². The van der Waals surface area contributed by atoms with E-state index < -0.39 is 23.9 Å². The average molecular weight is 1900 g/mol. The Hall–Kier alpha value is -13.9. The SMILES string of the molecule is Cc1c(C2=CCN(C(=O)c3ccc4ccccc4n3)CC2)c2cc(F)ccc2n1CC(=O)O.Cc1c(C2CCC(NC(=O)c3ccc4ccccc4n3)CC2)c2cc(F)ccc2n1CC(=O)O.Cc1c(C2CCC(NCc3ccc4ccccc4n3)CC2)c2cc(F)ccc2n1CC(=O)O.Cc1c(C2CCN(C(=O)c3ccc4ccccc4n3)CC2)c2cc(F)ccc2n1CC(=O)O.Cl.Cl.Cl. The van der Waals surface area contributed by atoms with Gasteiger partial charge in [0.15, 0.2) is 0 Å². The number of para-hydroxylation sites is 4. The number of pyridine rings is 4. The third-order valence-corrected chi connectivity index (χ3v) is 26.8. The Morgan fingerprint density at radius 3 is 1.10 bits per heavy atom. The van der Waals surface area contributed by atoms with E-state index in [2.05, 4.69) is 43.8 Å². The molecule has 10 heterocycles. The number of hydrogen-bond acceptors (Lipinski definition) is 12. The molecule has 0 spiro atoms. The summed E-state index contributed by atoms with van der Waals surface area (Å²) in [5, 5.41) is 51.4. The first-order valence-electron chi connectivity index (χ1n) is 45.0. The van der Waals surface area contributed by atoms with Gasteiger partial charge in [0.05, 0.1) is 27.8 Å². The summed E-state index contributed by atoms with van der Waals surface area (Å²) in [4.78, 5) is 106. The molecule has 3 amide bonds. The second-order valence-corrected chi connectivity index (χ2v) is 34.9. The topological polar surface area (TPSA) is 302 Å². The van der Waals surface area contributed by atoms with Crippen molar-refractivity contribution in [3.8, 4) is 0 Å². The van der Waals surface area contributed by atoms with E-state index in [1.807, 2.05) is 152 Å². The number of nitrogens with zero attached hydrogens (tertiary/aromatic N) is 10. The molecule has 0 bridgehead atoms. The molecular formula is C106H103Cl3F4N12O11. The van der Waals surface area contributed by atoms with Gasteiger partial charge >= 0.3 is 23.9 Å². The van der Waals surface area contributed by atoms with Crippen LogP contribution in [0.5, 0.6) is 0 Å². The monoisotopic (exact) mass is 1900 g/mol. The zero-order valence-electron chi connectivity index (χ0n) is 75.2. The molecule has 702 valence electrons. The Balaban J connectivity index is 0.000000144. The fourth-order valence-electron chi connectivity index (χ4n) is 20.4. The van der Waals surface area contributed by atoms with Gasteiger partial charge in [-0.05, 0) is 260 Å². The predicted molar refractivity (Wildman–Crippen MR) is 526 cm³/mol. The van der Waals surface area contributed by atoms with E-state index in [4.69, 9.17) is 4.98 Å². The third kappa shape index (κ3) is 21.3. The first-order chi connectivity index (χ1) is 64.2. The maximum absolute atomic E-state index is 14.1. The highest BCUT2D eigenvalue weighted by Gasteiger charge is 2.34. The second-order valence-electron chi connectivity index (χ2n) is 34.9. The van der Waals surface area contributed by atoms with Crippen LogP contribution in [0.25, 0.3) is 92.8 Å². The van der Waals surface area contributed by atoms with Gasteiger partial charge in [0, 0.05) is 138 Å². The number of hydrogen-bond donors (Lipinski definition) is 6. The van der Waals surface area contributed by atoms with E-state index >= 15 is 0 Å². The maximum atomic E-state index is 14.1. The minimum Gasteiger partial charge on any atom is -0.480 e. The second kappa shape index (κ2) is 42.8. The van der Waals surface area contributed by atoms with Crippen molar-refractivity contribution in [2.24, 2.45) is 0 Å². The molecule has 0 atom stereocenters. The number of carbonyl (C=O) groups is 7. The highest BCUT2D eigenvalue weighted by atomic mass is 35.5. The van der Waals surface area contributed by atoms with Crippen molar-refractivity contribution in [1.82, 2.24) is 58.6 Å². The molecule has 1 saturated heterocycles. The minimum absolute atomic E-state index is 0. The molecular weight excluding hydrogens is 1800 g/mol. The average Bonchev–Trinajstić information content (AvgIpc) is 1.62. The molecule has 30 heteroatoms. The van der Waals surface area contributed by atoms with Crippen molar-refractivity contribution < 1.29 is 71.5 Å². The van der Waals surface area contributed by atoms with Gasteiger partial charge in [0.2, 0.25) is 0 Å². The van der Waals surface area contributed by atoms with Gasteiger partial charge in [-0.1, -0.05) is 103 Å². The van der Waals surface area contributed by atoms with Crippen molar-refractivity contribution in [2.45, 2.75) is 161 Å². The largest absolute Gasteiger partial charge is 0.480 e. The molecule has 20 rings (SSSR count). The Morgan fingerprint density at radius 1 is 0.360 bits per heavy atom. The minimum atomic E-state index is -0.955. The number of benzene rings is 8. The Labute approximate surface area is 799 Å². The number of piperidine rings is 1. The molecule has 8 aromatic carbocycles. The summed E-state index contributed by atoms with van der Waals surface area (Å²) < 4.78 is 63.3. The van der Waals surface area contributed by atoms with Gasteiger partial charge in [0.25, 0.3) is 17.7 Å². The van der Waals surface area contributed by atoms with Gasteiger partial charge in [-0.15, -0.1) is 37.2 Å². The van der Waals surface area contributed by atoms with Gasteiger partial charge in [0.1, 0.15) is 66.5 Å². The number of likely N-dealkylation sites (tertiary alicyclic amines) is 1. The van der Waals surface area contributed by atoms with Crippen molar-refractivity contribution >= 4 is 172 Å². The molecule has 3 fully saturated rings. The van der Waals surface area contributed by atoms with Crippen molar-refractivity contribution in [3.05, 3.63) is 316 Å². The zero-order chi connectivity index (χ0) is 93.0. The molecule has 136 heavy (non-hydrogen) atoms. The molecule has 0 unspecified atom stereocenters. The summed E-state index contributed by atoms with van der Waals surface area (Å²) in [5.41, 5.74) is 17.0. The lowest BCUT2D eigenvalue weighted by Crippen LogP contribution is -2.38. The molecule has 2 saturated carbocycles. The Kier molecular flexibility index (Phi) is 30.9. The van der Waals surface area contributed by atoms with E-state index in [1.165, 1.54) is 42.5 Å². The number of carbonyl (C=O) groups excluding carboxylic acids is 3. The molecule has 16 aromatic rings. The normalized spacial score (nSPS) is 16.1. The Morgan fingerprint density at radius 2 is 0.699 bits per heavy atom. The van der Waals surface area contributed by atoms with Crippen LogP contribution in [-0.2, 0) is 51.9 Å². The number of aromatic nitrogens is 8. The number of fused-ring (bicyclic) bond motifs is 8. The zero-order valence-corrected chi connectivity index (χ0v) is 77.7. The molecule has 0 radical (unpaired) electrons.